The van der Waals surface area contributed by atoms with Crippen molar-refractivity contribution in [3.05, 3.63) is 30.0 Å². The zero-order valence-electron chi connectivity index (χ0n) is 17.7. The Bertz CT molecular complexity index is 1060. The number of primary amides is 1. The molecule has 8 nitrogen and oxygen atoms in total. The number of aromatic nitrogens is 1. The fourth-order valence-corrected chi connectivity index (χ4v) is 4.70. The lowest BCUT2D eigenvalue weighted by atomic mass is 9.99. The number of amides is 2. The van der Waals surface area contributed by atoms with Crippen LogP contribution in [0, 0.1) is 23.2 Å². The minimum atomic E-state index is -0.572. The maximum Gasteiger partial charge on any atom is 0.252 e. The average molecular weight is 422 g/mol. The van der Waals surface area contributed by atoms with E-state index in [2.05, 4.69) is 4.98 Å². The summed E-state index contributed by atoms with van der Waals surface area (Å²) in [6.07, 6.45) is 3.32. The van der Waals surface area contributed by atoms with Crippen molar-refractivity contribution in [3.63, 3.8) is 0 Å². The Hall–Kier alpha value is -3.34. The minimum Gasteiger partial charge on any atom is -0.490 e. The minimum absolute atomic E-state index is 0.0271. The monoisotopic (exact) mass is 422 g/mol. The lowest BCUT2D eigenvalue weighted by Crippen LogP contribution is -2.32. The summed E-state index contributed by atoms with van der Waals surface area (Å²) >= 11 is 0. The average Bonchev–Trinajstić information content (AvgIpc) is 3.29. The number of carbonyl (C=O) groups excluding carboxylic acids is 2. The SMILES string of the molecule is CC(C)Oc1cc2c(OC3CC[C@@H]4CN(C(=O)CC#N)C[C@H]34)ccnc2cc1C(N)=O. The molecule has 1 saturated carbocycles. The van der Waals surface area contributed by atoms with E-state index in [9.17, 15) is 9.59 Å². The lowest BCUT2D eigenvalue weighted by molar-refractivity contribution is -0.129. The predicted octanol–water partition coefficient (Wildman–Crippen LogP) is 2.65. The summed E-state index contributed by atoms with van der Waals surface area (Å²) in [6.45, 7) is 5.07. The number of benzene rings is 1. The predicted molar refractivity (Wildman–Crippen MR) is 113 cm³/mol. The van der Waals surface area contributed by atoms with Gasteiger partial charge in [-0.05, 0) is 50.8 Å². The van der Waals surface area contributed by atoms with Crippen LogP contribution in [-0.2, 0) is 4.79 Å². The third-order valence-electron chi connectivity index (χ3n) is 6.08. The molecule has 0 spiro atoms. The molecule has 2 aromatic rings. The molecule has 4 rings (SSSR count). The van der Waals surface area contributed by atoms with Gasteiger partial charge in [-0.3, -0.25) is 14.6 Å². The van der Waals surface area contributed by atoms with Crippen LogP contribution in [0.2, 0.25) is 0 Å². The van der Waals surface area contributed by atoms with E-state index in [1.807, 2.05) is 26.0 Å². The van der Waals surface area contributed by atoms with Gasteiger partial charge in [-0.1, -0.05) is 0 Å². The molecule has 2 amide bonds. The van der Waals surface area contributed by atoms with Gasteiger partial charge in [0.1, 0.15) is 24.0 Å². The number of hydrogen-bond acceptors (Lipinski definition) is 6. The van der Waals surface area contributed by atoms with Crippen molar-refractivity contribution in [1.29, 1.82) is 5.26 Å². The van der Waals surface area contributed by atoms with E-state index in [0.29, 0.717) is 36.0 Å². The molecule has 1 aliphatic heterocycles. The Morgan fingerprint density at radius 3 is 2.81 bits per heavy atom. The Balaban J connectivity index is 1.61. The van der Waals surface area contributed by atoms with Gasteiger partial charge in [-0.2, -0.15) is 5.26 Å². The van der Waals surface area contributed by atoms with Crippen LogP contribution < -0.4 is 15.2 Å². The Kier molecular flexibility index (Phi) is 5.68. The molecule has 1 aliphatic carbocycles. The number of ether oxygens (including phenoxy) is 2. The molecule has 162 valence electrons. The van der Waals surface area contributed by atoms with Crippen molar-refractivity contribution in [1.82, 2.24) is 9.88 Å². The molecule has 3 atom stereocenters. The van der Waals surface area contributed by atoms with E-state index >= 15 is 0 Å². The Morgan fingerprint density at radius 2 is 2.10 bits per heavy atom. The van der Waals surface area contributed by atoms with Crippen LogP contribution in [0.5, 0.6) is 11.5 Å². The molecule has 8 heteroatoms. The van der Waals surface area contributed by atoms with Gasteiger partial charge in [0.15, 0.2) is 0 Å². The maximum absolute atomic E-state index is 12.1. The van der Waals surface area contributed by atoms with Gasteiger partial charge in [0.05, 0.1) is 23.3 Å². The normalized spacial score (nSPS) is 22.4. The summed E-state index contributed by atoms with van der Waals surface area (Å²) in [4.78, 5) is 30.2. The Labute approximate surface area is 180 Å². The van der Waals surface area contributed by atoms with Gasteiger partial charge >= 0.3 is 0 Å². The molecule has 0 bridgehead atoms. The van der Waals surface area contributed by atoms with Crippen molar-refractivity contribution in [2.45, 2.75) is 45.3 Å². The highest BCUT2D eigenvalue weighted by molar-refractivity contribution is 6.01. The molecule has 1 unspecified atom stereocenters. The van der Waals surface area contributed by atoms with E-state index < -0.39 is 5.91 Å². The number of nitrogens with two attached hydrogens (primary N) is 1. The molecule has 1 aromatic heterocycles. The third-order valence-corrected chi connectivity index (χ3v) is 6.08. The second-order valence-electron chi connectivity index (χ2n) is 8.50. The molecular weight excluding hydrogens is 396 g/mol. The Morgan fingerprint density at radius 1 is 1.29 bits per heavy atom. The van der Waals surface area contributed by atoms with Gasteiger partial charge in [0.25, 0.3) is 5.91 Å². The highest BCUT2D eigenvalue weighted by Gasteiger charge is 2.45. The van der Waals surface area contributed by atoms with Crippen LogP contribution in [0.15, 0.2) is 24.4 Å². The molecule has 2 fully saturated rings. The first-order valence-electron chi connectivity index (χ1n) is 10.6. The maximum atomic E-state index is 12.1. The second-order valence-corrected chi connectivity index (χ2v) is 8.50. The fourth-order valence-electron chi connectivity index (χ4n) is 4.70. The first kappa shape index (κ1) is 20.9. The van der Waals surface area contributed by atoms with Crippen LogP contribution in [0.1, 0.15) is 43.5 Å². The molecular formula is C23H26N4O4. The molecule has 2 heterocycles. The number of fused-ring (bicyclic) bond motifs is 2. The third kappa shape index (κ3) is 4.13. The van der Waals surface area contributed by atoms with Gasteiger partial charge in [-0.15, -0.1) is 0 Å². The van der Waals surface area contributed by atoms with Gasteiger partial charge in [-0.25, -0.2) is 0 Å². The zero-order valence-corrected chi connectivity index (χ0v) is 17.7. The van der Waals surface area contributed by atoms with Crippen LogP contribution in [-0.4, -0.2) is 47.0 Å². The van der Waals surface area contributed by atoms with E-state index in [4.69, 9.17) is 20.5 Å². The lowest BCUT2D eigenvalue weighted by Gasteiger charge is -2.23. The molecule has 1 aromatic carbocycles. The summed E-state index contributed by atoms with van der Waals surface area (Å²) in [5.74, 6) is 1.02. The number of nitriles is 1. The highest BCUT2D eigenvalue weighted by atomic mass is 16.5. The molecule has 0 radical (unpaired) electrons. The number of nitrogens with zero attached hydrogens (tertiary/aromatic N) is 3. The van der Waals surface area contributed by atoms with Crippen molar-refractivity contribution in [2.24, 2.45) is 17.6 Å². The standard InChI is InChI=1S/C23H26N4O4/c1-13(2)30-21-10-15-18(9-16(21)23(25)29)26-8-6-20(15)31-19-4-3-14-11-27(12-17(14)19)22(28)5-7-24/h6,8-10,13-14,17,19H,3-5,11-12H2,1-2H3,(H2,25,29)/t14-,17+,19?/m1/s1. The number of pyridine rings is 1. The van der Waals surface area contributed by atoms with Crippen LogP contribution in [0.4, 0.5) is 0 Å². The summed E-state index contributed by atoms with van der Waals surface area (Å²) in [7, 11) is 0. The zero-order chi connectivity index (χ0) is 22.1. The number of rotatable bonds is 6. The number of carbonyl (C=O) groups is 2. The van der Waals surface area contributed by atoms with E-state index in [0.717, 1.165) is 18.2 Å². The van der Waals surface area contributed by atoms with Gasteiger partial charge in [0.2, 0.25) is 5.91 Å². The second kappa shape index (κ2) is 8.42. The summed E-state index contributed by atoms with van der Waals surface area (Å²) in [5, 5.41) is 9.56. The number of likely N-dealkylation sites (tertiary alicyclic amines) is 1. The first-order chi connectivity index (χ1) is 14.9. The van der Waals surface area contributed by atoms with Crippen molar-refractivity contribution in [2.75, 3.05) is 13.1 Å². The molecule has 1 saturated heterocycles. The molecule has 31 heavy (non-hydrogen) atoms. The fraction of sp³-hybridized carbons (Fsp3) is 0.478. The molecule has 2 aliphatic rings. The highest BCUT2D eigenvalue weighted by Crippen LogP contribution is 2.41. The van der Waals surface area contributed by atoms with Crippen molar-refractivity contribution >= 4 is 22.7 Å². The van der Waals surface area contributed by atoms with Crippen LogP contribution in [0.3, 0.4) is 0 Å². The van der Waals surface area contributed by atoms with E-state index in [1.165, 1.54) is 0 Å². The van der Waals surface area contributed by atoms with Crippen LogP contribution >= 0.6 is 0 Å². The van der Waals surface area contributed by atoms with Crippen molar-refractivity contribution in [3.8, 4) is 17.6 Å². The number of hydrogen-bond donors (Lipinski definition) is 1. The van der Waals surface area contributed by atoms with E-state index in [-0.39, 0.29) is 36.0 Å². The van der Waals surface area contributed by atoms with Crippen LogP contribution in [0.25, 0.3) is 10.9 Å². The van der Waals surface area contributed by atoms with Gasteiger partial charge in [0, 0.05) is 30.6 Å². The summed E-state index contributed by atoms with van der Waals surface area (Å²) < 4.78 is 12.3. The topological polar surface area (TPSA) is 119 Å². The largest absolute Gasteiger partial charge is 0.490 e. The first-order valence-corrected chi connectivity index (χ1v) is 10.6. The summed E-state index contributed by atoms with van der Waals surface area (Å²) in [5.41, 5.74) is 6.43. The van der Waals surface area contributed by atoms with E-state index in [1.54, 1.807) is 23.2 Å². The van der Waals surface area contributed by atoms with Gasteiger partial charge < -0.3 is 20.1 Å². The van der Waals surface area contributed by atoms with Crippen molar-refractivity contribution < 1.29 is 19.1 Å². The summed E-state index contributed by atoms with van der Waals surface area (Å²) in [6, 6.07) is 7.15. The molecule has 2 N–H and O–H groups in total. The quantitative estimate of drug-likeness (QED) is 0.764. The smallest absolute Gasteiger partial charge is 0.252 e.